The third kappa shape index (κ3) is 4.78. The monoisotopic (exact) mass is 390 g/mol. The fourth-order valence-corrected chi connectivity index (χ4v) is 3.78. The SMILES string of the molecule is CCOc1ccc(S(=O)(=O)Nc2ccc(C(=O)N3CCOCC3)cc2)cc1. The number of rotatable bonds is 6. The van der Waals surface area contributed by atoms with Gasteiger partial charge < -0.3 is 14.4 Å². The van der Waals surface area contributed by atoms with Gasteiger partial charge in [-0.25, -0.2) is 8.42 Å². The van der Waals surface area contributed by atoms with Crippen molar-refractivity contribution >= 4 is 21.6 Å². The summed E-state index contributed by atoms with van der Waals surface area (Å²) >= 11 is 0. The Bertz CT molecular complexity index is 873. The Balaban J connectivity index is 1.68. The molecule has 3 rings (SSSR count). The number of sulfonamides is 1. The van der Waals surface area contributed by atoms with Crippen LogP contribution in [0.2, 0.25) is 0 Å². The number of morpholine rings is 1. The van der Waals surface area contributed by atoms with E-state index in [0.29, 0.717) is 49.9 Å². The van der Waals surface area contributed by atoms with Gasteiger partial charge in [-0.2, -0.15) is 0 Å². The van der Waals surface area contributed by atoms with Crippen LogP contribution in [0, 0.1) is 0 Å². The Morgan fingerprint density at radius 1 is 1.07 bits per heavy atom. The third-order valence-corrected chi connectivity index (χ3v) is 5.52. The highest BCUT2D eigenvalue weighted by Crippen LogP contribution is 2.20. The zero-order valence-electron chi connectivity index (χ0n) is 15.1. The molecule has 8 heteroatoms. The number of hydrogen-bond donors (Lipinski definition) is 1. The Morgan fingerprint density at radius 2 is 1.70 bits per heavy atom. The van der Waals surface area contributed by atoms with E-state index in [9.17, 15) is 13.2 Å². The average Bonchev–Trinajstić information content (AvgIpc) is 2.69. The fraction of sp³-hybridized carbons (Fsp3) is 0.316. The summed E-state index contributed by atoms with van der Waals surface area (Å²) in [6.07, 6.45) is 0. The second kappa shape index (κ2) is 8.41. The Morgan fingerprint density at radius 3 is 2.30 bits per heavy atom. The van der Waals surface area contributed by atoms with Crippen molar-refractivity contribution in [2.75, 3.05) is 37.6 Å². The number of ether oxygens (including phenoxy) is 2. The van der Waals surface area contributed by atoms with Crippen molar-refractivity contribution in [3.63, 3.8) is 0 Å². The van der Waals surface area contributed by atoms with Crippen LogP contribution in [0.25, 0.3) is 0 Å². The summed E-state index contributed by atoms with van der Waals surface area (Å²) in [5, 5.41) is 0. The van der Waals surface area contributed by atoms with Crippen LogP contribution in [0.15, 0.2) is 53.4 Å². The Kier molecular flexibility index (Phi) is 5.98. The number of carbonyl (C=O) groups is 1. The number of anilines is 1. The Hall–Kier alpha value is -2.58. The molecule has 0 spiro atoms. The van der Waals surface area contributed by atoms with Crippen LogP contribution in [0.1, 0.15) is 17.3 Å². The summed E-state index contributed by atoms with van der Waals surface area (Å²) in [5.41, 5.74) is 0.906. The van der Waals surface area contributed by atoms with Crippen molar-refractivity contribution in [2.45, 2.75) is 11.8 Å². The summed E-state index contributed by atoms with van der Waals surface area (Å²) < 4.78 is 38.1. The van der Waals surface area contributed by atoms with Crippen LogP contribution in [-0.2, 0) is 14.8 Å². The highest BCUT2D eigenvalue weighted by Gasteiger charge is 2.19. The number of hydrogen-bond acceptors (Lipinski definition) is 5. The maximum absolute atomic E-state index is 12.5. The molecule has 1 aliphatic rings. The average molecular weight is 390 g/mol. The van der Waals surface area contributed by atoms with E-state index in [0.717, 1.165) is 0 Å². The quantitative estimate of drug-likeness (QED) is 0.818. The summed E-state index contributed by atoms with van der Waals surface area (Å²) in [6.45, 7) is 4.56. The maximum Gasteiger partial charge on any atom is 0.261 e. The highest BCUT2D eigenvalue weighted by molar-refractivity contribution is 7.92. The molecule has 1 N–H and O–H groups in total. The second-order valence-corrected chi connectivity index (χ2v) is 7.67. The predicted molar refractivity (Wildman–Crippen MR) is 102 cm³/mol. The molecule has 2 aromatic rings. The van der Waals surface area contributed by atoms with Crippen molar-refractivity contribution in [2.24, 2.45) is 0 Å². The van der Waals surface area contributed by atoms with Gasteiger partial charge in [0, 0.05) is 24.3 Å². The zero-order valence-corrected chi connectivity index (χ0v) is 15.9. The summed E-state index contributed by atoms with van der Waals surface area (Å²) in [6, 6.07) is 12.6. The molecule has 0 atom stereocenters. The number of carbonyl (C=O) groups excluding carboxylic acids is 1. The molecular weight excluding hydrogens is 368 g/mol. The van der Waals surface area contributed by atoms with Gasteiger partial charge in [-0.15, -0.1) is 0 Å². The molecule has 0 radical (unpaired) electrons. The van der Waals surface area contributed by atoms with Gasteiger partial charge in [-0.05, 0) is 55.5 Å². The minimum absolute atomic E-state index is 0.0841. The Labute approximate surface area is 158 Å². The summed E-state index contributed by atoms with van der Waals surface area (Å²) in [4.78, 5) is 14.3. The zero-order chi connectivity index (χ0) is 19.3. The first-order valence-electron chi connectivity index (χ1n) is 8.72. The predicted octanol–water partition coefficient (Wildman–Crippen LogP) is 2.36. The van der Waals surface area contributed by atoms with Crippen LogP contribution in [-0.4, -0.2) is 52.1 Å². The molecule has 2 aromatic carbocycles. The maximum atomic E-state index is 12.5. The van der Waals surface area contributed by atoms with Gasteiger partial charge in [-0.1, -0.05) is 0 Å². The van der Waals surface area contributed by atoms with E-state index in [1.807, 2.05) is 6.92 Å². The van der Waals surface area contributed by atoms with Crippen LogP contribution in [0.3, 0.4) is 0 Å². The van der Waals surface area contributed by atoms with Gasteiger partial charge in [0.2, 0.25) is 0 Å². The molecule has 0 unspecified atom stereocenters. The van der Waals surface area contributed by atoms with Crippen LogP contribution < -0.4 is 9.46 Å². The van der Waals surface area contributed by atoms with Crippen LogP contribution in [0.4, 0.5) is 5.69 Å². The molecular formula is C19H22N2O5S. The smallest absolute Gasteiger partial charge is 0.261 e. The molecule has 0 saturated carbocycles. The molecule has 1 saturated heterocycles. The number of benzene rings is 2. The van der Waals surface area contributed by atoms with Crippen molar-refractivity contribution in [1.29, 1.82) is 0 Å². The van der Waals surface area contributed by atoms with Crippen LogP contribution >= 0.6 is 0 Å². The molecule has 144 valence electrons. The van der Waals surface area contributed by atoms with Crippen molar-refractivity contribution in [3.05, 3.63) is 54.1 Å². The van der Waals surface area contributed by atoms with Gasteiger partial charge in [0.25, 0.3) is 15.9 Å². The van der Waals surface area contributed by atoms with E-state index in [2.05, 4.69) is 4.72 Å². The van der Waals surface area contributed by atoms with Gasteiger partial charge in [0.15, 0.2) is 0 Å². The first-order valence-corrected chi connectivity index (χ1v) is 10.2. The minimum atomic E-state index is -3.72. The normalized spacial score (nSPS) is 14.6. The van der Waals surface area contributed by atoms with Gasteiger partial charge in [0.05, 0.1) is 24.7 Å². The summed E-state index contributed by atoms with van der Waals surface area (Å²) in [5.74, 6) is 0.529. The first-order chi connectivity index (χ1) is 13.0. The van der Waals surface area contributed by atoms with Crippen molar-refractivity contribution in [1.82, 2.24) is 4.90 Å². The topological polar surface area (TPSA) is 84.9 Å². The van der Waals surface area contributed by atoms with Gasteiger partial charge >= 0.3 is 0 Å². The van der Waals surface area contributed by atoms with E-state index in [1.54, 1.807) is 41.3 Å². The van der Waals surface area contributed by atoms with Crippen molar-refractivity contribution in [3.8, 4) is 5.75 Å². The standard InChI is InChI=1S/C19H22N2O5S/c1-2-26-17-7-9-18(10-8-17)27(23,24)20-16-5-3-15(4-6-16)19(22)21-11-13-25-14-12-21/h3-10,20H,2,11-14H2,1H3. The third-order valence-electron chi connectivity index (χ3n) is 4.13. The molecule has 0 bridgehead atoms. The molecule has 1 amide bonds. The summed E-state index contributed by atoms with van der Waals surface area (Å²) in [7, 11) is -3.72. The first kappa shape index (κ1) is 19.2. The molecule has 0 aromatic heterocycles. The minimum Gasteiger partial charge on any atom is -0.494 e. The molecule has 0 aliphatic carbocycles. The van der Waals surface area contributed by atoms with Crippen molar-refractivity contribution < 1.29 is 22.7 Å². The van der Waals surface area contributed by atoms with E-state index in [4.69, 9.17) is 9.47 Å². The largest absolute Gasteiger partial charge is 0.494 e. The number of amides is 1. The lowest BCUT2D eigenvalue weighted by atomic mass is 10.2. The number of nitrogens with one attached hydrogen (secondary N) is 1. The van der Waals surface area contributed by atoms with Crippen LogP contribution in [0.5, 0.6) is 5.75 Å². The molecule has 1 aliphatic heterocycles. The fourth-order valence-electron chi connectivity index (χ4n) is 2.73. The highest BCUT2D eigenvalue weighted by atomic mass is 32.2. The van der Waals surface area contributed by atoms with E-state index in [1.165, 1.54) is 12.1 Å². The van der Waals surface area contributed by atoms with Gasteiger partial charge in [-0.3, -0.25) is 9.52 Å². The molecule has 7 nitrogen and oxygen atoms in total. The number of nitrogens with zero attached hydrogens (tertiary/aromatic N) is 1. The van der Waals surface area contributed by atoms with E-state index < -0.39 is 10.0 Å². The molecule has 27 heavy (non-hydrogen) atoms. The lowest BCUT2D eigenvalue weighted by Crippen LogP contribution is -2.40. The second-order valence-electron chi connectivity index (χ2n) is 5.99. The lowest BCUT2D eigenvalue weighted by Gasteiger charge is -2.26. The van der Waals surface area contributed by atoms with E-state index >= 15 is 0 Å². The van der Waals surface area contributed by atoms with E-state index in [-0.39, 0.29) is 10.8 Å². The van der Waals surface area contributed by atoms with Gasteiger partial charge in [0.1, 0.15) is 5.75 Å². The molecule has 1 fully saturated rings. The molecule has 1 heterocycles. The lowest BCUT2D eigenvalue weighted by molar-refractivity contribution is 0.0303.